The molecule has 0 fully saturated rings. The Kier molecular flexibility index (Phi) is 7.68. The van der Waals surface area contributed by atoms with Crippen molar-refractivity contribution in [1.82, 2.24) is 0 Å². The van der Waals surface area contributed by atoms with Gasteiger partial charge in [0, 0.05) is 6.61 Å². The minimum atomic E-state index is -3.21. The Morgan fingerprint density at radius 3 is 2.13 bits per heavy atom. The summed E-state index contributed by atoms with van der Waals surface area (Å²) < 4.78 is 5.59. The summed E-state index contributed by atoms with van der Waals surface area (Å²) in [5, 5.41) is 0. The zero-order valence-electron chi connectivity index (χ0n) is 9.71. The highest BCUT2D eigenvalue weighted by Crippen LogP contribution is 2.54. The molecule has 6 heteroatoms. The Bertz CT molecular complexity index is 215. The first-order chi connectivity index (χ1) is 6.72. The van der Waals surface area contributed by atoms with Crippen molar-refractivity contribution in [3.05, 3.63) is 0 Å². The minimum Gasteiger partial charge on any atom is -0.367 e. The van der Waals surface area contributed by atoms with E-state index < -0.39 is 5.69 Å². The van der Waals surface area contributed by atoms with E-state index in [1.165, 1.54) is 0 Å². The van der Waals surface area contributed by atoms with E-state index >= 15 is 0 Å². The van der Waals surface area contributed by atoms with E-state index in [-0.39, 0.29) is 11.4 Å². The summed E-state index contributed by atoms with van der Waals surface area (Å²) >= 11 is 5.56. The molecule has 1 unspecified atom stereocenters. The molecule has 0 aromatic carbocycles. The Morgan fingerprint density at radius 2 is 1.80 bits per heavy atom. The molecule has 0 saturated carbocycles. The molecule has 0 bridgehead atoms. The SMILES string of the molecule is CC(C)CCOC(SP(O)(O)=S)C(C)C. The van der Waals surface area contributed by atoms with Gasteiger partial charge in [-0.1, -0.05) is 27.7 Å². The van der Waals surface area contributed by atoms with Gasteiger partial charge in [0.25, 0.3) is 0 Å². The Hall–Kier alpha value is 0.880. The van der Waals surface area contributed by atoms with Crippen LogP contribution in [0.5, 0.6) is 0 Å². The molecule has 1 atom stereocenters. The van der Waals surface area contributed by atoms with Crippen LogP contribution in [0.2, 0.25) is 0 Å². The fraction of sp³-hybridized carbons (Fsp3) is 1.00. The van der Waals surface area contributed by atoms with Gasteiger partial charge in [-0.15, -0.1) is 0 Å². The topological polar surface area (TPSA) is 49.7 Å². The highest BCUT2D eigenvalue weighted by molar-refractivity contribution is 8.67. The molecular weight excluding hydrogens is 251 g/mol. The Morgan fingerprint density at radius 1 is 1.27 bits per heavy atom. The van der Waals surface area contributed by atoms with Crippen molar-refractivity contribution in [2.75, 3.05) is 6.61 Å². The molecule has 0 amide bonds. The largest absolute Gasteiger partial charge is 0.367 e. The van der Waals surface area contributed by atoms with Gasteiger partial charge in [0.2, 0.25) is 5.69 Å². The van der Waals surface area contributed by atoms with Crippen molar-refractivity contribution >= 4 is 28.9 Å². The standard InChI is InChI=1S/C9H21O3PS2/c1-7(2)5-6-12-9(8(3)4)15-13(10,11)14/h7-9H,5-6H2,1-4H3,(H2,10,11,14). The van der Waals surface area contributed by atoms with Gasteiger partial charge >= 0.3 is 0 Å². The maximum Gasteiger partial charge on any atom is 0.244 e. The number of rotatable bonds is 7. The molecule has 3 nitrogen and oxygen atoms in total. The number of ether oxygens (including phenoxy) is 1. The monoisotopic (exact) mass is 272 g/mol. The van der Waals surface area contributed by atoms with Crippen LogP contribution in [-0.2, 0) is 16.5 Å². The van der Waals surface area contributed by atoms with Crippen LogP contribution in [0.3, 0.4) is 0 Å². The molecule has 92 valence electrons. The van der Waals surface area contributed by atoms with E-state index in [0.29, 0.717) is 12.5 Å². The first kappa shape index (κ1) is 15.9. The van der Waals surface area contributed by atoms with Crippen LogP contribution in [0.15, 0.2) is 0 Å². The van der Waals surface area contributed by atoms with Crippen molar-refractivity contribution in [3.8, 4) is 0 Å². The number of hydrogen-bond acceptors (Lipinski definition) is 3. The fourth-order valence-corrected chi connectivity index (χ4v) is 4.06. The Balaban J connectivity index is 4.01. The van der Waals surface area contributed by atoms with Crippen LogP contribution in [-0.4, -0.2) is 21.8 Å². The second kappa shape index (κ2) is 7.25. The van der Waals surface area contributed by atoms with Gasteiger partial charge in [0.15, 0.2) is 0 Å². The van der Waals surface area contributed by atoms with Crippen LogP contribution in [0, 0.1) is 11.8 Å². The van der Waals surface area contributed by atoms with Crippen LogP contribution in [0.25, 0.3) is 0 Å². The van der Waals surface area contributed by atoms with Gasteiger partial charge in [-0.3, -0.25) is 0 Å². The maximum absolute atomic E-state index is 9.21. The highest BCUT2D eigenvalue weighted by Gasteiger charge is 2.22. The van der Waals surface area contributed by atoms with Gasteiger partial charge in [-0.05, 0) is 41.4 Å². The lowest BCUT2D eigenvalue weighted by molar-refractivity contribution is 0.0766. The molecule has 0 aliphatic rings. The van der Waals surface area contributed by atoms with Gasteiger partial charge in [0.1, 0.15) is 5.44 Å². The van der Waals surface area contributed by atoms with Gasteiger partial charge in [-0.25, -0.2) is 0 Å². The second-order valence-electron chi connectivity index (χ2n) is 4.26. The molecule has 0 aromatic rings. The predicted octanol–water partition coefficient (Wildman–Crippen LogP) is 2.97. The van der Waals surface area contributed by atoms with Crippen LogP contribution < -0.4 is 0 Å². The van der Waals surface area contributed by atoms with Crippen molar-refractivity contribution in [1.29, 1.82) is 0 Å². The van der Waals surface area contributed by atoms with E-state index in [1.807, 2.05) is 13.8 Å². The summed E-state index contributed by atoms with van der Waals surface area (Å²) in [6.45, 7) is 8.87. The molecule has 0 saturated heterocycles. The molecule has 0 rings (SSSR count). The quantitative estimate of drug-likeness (QED) is 0.551. The summed E-state index contributed by atoms with van der Waals surface area (Å²) in [6.07, 6.45) is 0.976. The summed E-state index contributed by atoms with van der Waals surface area (Å²) in [4.78, 5) is 18.4. The van der Waals surface area contributed by atoms with Crippen LogP contribution in [0.4, 0.5) is 0 Å². The predicted molar refractivity (Wildman–Crippen MR) is 70.3 cm³/mol. The lowest BCUT2D eigenvalue weighted by Gasteiger charge is -2.22. The summed E-state index contributed by atoms with van der Waals surface area (Å²) in [7, 11) is 0. The minimum absolute atomic E-state index is 0.218. The van der Waals surface area contributed by atoms with E-state index in [2.05, 4.69) is 25.7 Å². The molecule has 0 aliphatic heterocycles. The van der Waals surface area contributed by atoms with E-state index in [0.717, 1.165) is 17.8 Å². The lowest BCUT2D eigenvalue weighted by atomic mass is 10.1. The first-order valence-corrected chi connectivity index (χ1v) is 9.27. The van der Waals surface area contributed by atoms with Crippen molar-refractivity contribution in [2.45, 2.75) is 39.6 Å². The van der Waals surface area contributed by atoms with E-state index in [1.54, 1.807) is 0 Å². The third kappa shape index (κ3) is 9.79. The van der Waals surface area contributed by atoms with Crippen molar-refractivity contribution in [2.24, 2.45) is 11.8 Å². The lowest BCUT2D eigenvalue weighted by Crippen LogP contribution is -2.17. The summed E-state index contributed by atoms with van der Waals surface area (Å²) in [6, 6.07) is 0. The highest BCUT2D eigenvalue weighted by atomic mass is 32.9. The van der Waals surface area contributed by atoms with Crippen LogP contribution in [0.1, 0.15) is 34.1 Å². The second-order valence-corrected chi connectivity index (χ2v) is 10.3. The van der Waals surface area contributed by atoms with Gasteiger partial charge in [0.05, 0.1) is 0 Å². The normalized spacial score (nSPS) is 14.9. The third-order valence-electron chi connectivity index (χ3n) is 1.76. The van der Waals surface area contributed by atoms with Gasteiger partial charge in [-0.2, -0.15) is 0 Å². The smallest absolute Gasteiger partial charge is 0.244 e. The zero-order chi connectivity index (χ0) is 12.1. The van der Waals surface area contributed by atoms with E-state index in [9.17, 15) is 9.79 Å². The average molecular weight is 272 g/mol. The fourth-order valence-electron chi connectivity index (χ4n) is 0.900. The third-order valence-corrected chi connectivity index (χ3v) is 5.15. The summed E-state index contributed by atoms with van der Waals surface area (Å²) in [5.74, 6) is 0.818. The molecule has 0 radical (unpaired) electrons. The van der Waals surface area contributed by atoms with Crippen molar-refractivity contribution < 1.29 is 14.5 Å². The molecular formula is C9H21O3PS2. The Labute approximate surface area is 102 Å². The average Bonchev–Trinajstić information content (AvgIpc) is 1.99. The maximum atomic E-state index is 9.21. The molecule has 0 aromatic heterocycles. The van der Waals surface area contributed by atoms with Gasteiger partial charge < -0.3 is 14.5 Å². The molecule has 0 spiro atoms. The van der Waals surface area contributed by atoms with Crippen molar-refractivity contribution in [3.63, 3.8) is 0 Å². The molecule has 2 N–H and O–H groups in total. The molecule has 0 heterocycles. The first-order valence-electron chi connectivity index (χ1n) is 5.08. The van der Waals surface area contributed by atoms with Crippen LogP contribution >= 0.6 is 17.1 Å². The van der Waals surface area contributed by atoms with E-state index in [4.69, 9.17) is 4.74 Å². The molecule has 15 heavy (non-hydrogen) atoms. The molecule has 0 aliphatic carbocycles. The summed E-state index contributed by atoms with van der Waals surface area (Å²) in [5.41, 5.74) is -3.43. The number of hydrogen-bond donors (Lipinski definition) is 2. The zero-order valence-corrected chi connectivity index (χ0v) is 12.2.